The Morgan fingerprint density at radius 2 is 1.57 bits per heavy atom. The molecule has 0 N–H and O–H groups in total. The molecule has 0 aromatic heterocycles. The summed E-state index contributed by atoms with van der Waals surface area (Å²) in [5, 5.41) is 0. The van der Waals surface area contributed by atoms with E-state index >= 15 is 0 Å². The van der Waals surface area contributed by atoms with Crippen molar-refractivity contribution in [2.45, 2.75) is 24.5 Å². The Hall–Kier alpha value is -1.06. The highest BCUT2D eigenvalue weighted by Gasteiger charge is 2.31. The Morgan fingerprint density at radius 1 is 0.952 bits per heavy atom. The van der Waals surface area contributed by atoms with Gasteiger partial charge in [0.25, 0.3) is 0 Å². The van der Waals surface area contributed by atoms with Gasteiger partial charge in [0.2, 0.25) is 0 Å². The second-order valence-corrected chi connectivity index (χ2v) is 8.73. The summed E-state index contributed by atoms with van der Waals surface area (Å²) in [6.07, 6.45) is 0. The third kappa shape index (κ3) is 3.58. The molecule has 110 valence electrons. The molecule has 1 aliphatic heterocycles. The number of ether oxygens (including phenoxy) is 1. The molecular formula is C18H20OS2. The molecular weight excluding hydrogens is 296 g/mol. The molecule has 0 atom stereocenters. The van der Waals surface area contributed by atoms with Gasteiger partial charge in [-0.3, -0.25) is 0 Å². The molecule has 0 aliphatic carbocycles. The van der Waals surface area contributed by atoms with Crippen LogP contribution in [0, 0.1) is 6.92 Å². The monoisotopic (exact) mass is 316 g/mol. The number of hydrogen-bond acceptors (Lipinski definition) is 3. The van der Waals surface area contributed by atoms with Gasteiger partial charge in [0, 0.05) is 11.5 Å². The van der Waals surface area contributed by atoms with Crippen molar-refractivity contribution in [1.82, 2.24) is 0 Å². The fourth-order valence-electron chi connectivity index (χ4n) is 2.39. The second-order valence-electron chi connectivity index (χ2n) is 5.44. The highest BCUT2D eigenvalue weighted by molar-refractivity contribution is 8.20. The first-order valence-corrected chi connectivity index (χ1v) is 9.20. The number of aryl methyl sites for hydroxylation is 1. The number of thioether (sulfide) groups is 2. The molecule has 0 unspecified atom stereocenters. The Morgan fingerprint density at radius 3 is 2.19 bits per heavy atom. The van der Waals surface area contributed by atoms with Gasteiger partial charge in [-0.05, 0) is 37.1 Å². The molecule has 21 heavy (non-hydrogen) atoms. The van der Waals surface area contributed by atoms with E-state index in [1.807, 2.05) is 23.5 Å². The summed E-state index contributed by atoms with van der Waals surface area (Å²) >= 11 is 4.07. The molecule has 0 spiro atoms. The van der Waals surface area contributed by atoms with E-state index in [0.29, 0.717) is 6.61 Å². The minimum absolute atomic E-state index is 0.218. The number of benzene rings is 2. The van der Waals surface area contributed by atoms with E-state index in [0.717, 1.165) is 5.75 Å². The summed E-state index contributed by atoms with van der Waals surface area (Å²) in [7, 11) is 0. The van der Waals surface area contributed by atoms with Crippen LogP contribution in [-0.2, 0) is 10.7 Å². The van der Waals surface area contributed by atoms with E-state index in [-0.39, 0.29) is 4.08 Å². The summed E-state index contributed by atoms with van der Waals surface area (Å²) in [4.78, 5) is 0. The van der Waals surface area contributed by atoms with Crippen LogP contribution >= 0.6 is 23.5 Å². The molecule has 1 fully saturated rings. The van der Waals surface area contributed by atoms with Crippen molar-refractivity contribution in [2.24, 2.45) is 0 Å². The normalized spacial score (nSPS) is 16.9. The smallest absolute Gasteiger partial charge is 0.119 e. The van der Waals surface area contributed by atoms with Gasteiger partial charge in [0.15, 0.2) is 0 Å². The van der Waals surface area contributed by atoms with Gasteiger partial charge < -0.3 is 4.74 Å². The third-order valence-electron chi connectivity index (χ3n) is 3.74. The first kappa shape index (κ1) is 14.9. The zero-order valence-electron chi connectivity index (χ0n) is 12.5. The van der Waals surface area contributed by atoms with Crippen molar-refractivity contribution >= 4 is 23.5 Å². The lowest BCUT2D eigenvalue weighted by Gasteiger charge is -2.22. The predicted octanol–water partition coefficient (Wildman–Crippen LogP) is 5.23. The zero-order chi connectivity index (χ0) is 14.7. The molecule has 0 saturated carbocycles. The lowest BCUT2D eigenvalue weighted by molar-refractivity contribution is 0.306. The number of rotatable bonds is 4. The Balaban J connectivity index is 1.63. The van der Waals surface area contributed by atoms with Crippen LogP contribution in [0.15, 0.2) is 48.5 Å². The van der Waals surface area contributed by atoms with Gasteiger partial charge >= 0.3 is 0 Å². The molecule has 0 bridgehead atoms. The van der Waals surface area contributed by atoms with E-state index in [1.165, 1.54) is 28.2 Å². The van der Waals surface area contributed by atoms with Crippen LogP contribution in [0.25, 0.3) is 0 Å². The van der Waals surface area contributed by atoms with Gasteiger partial charge in [0.1, 0.15) is 12.4 Å². The maximum atomic E-state index is 5.87. The van der Waals surface area contributed by atoms with Crippen molar-refractivity contribution in [2.75, 3.05) is 11.5 Å². The second kappa shape index (κ2) is 6.37. The maximum absolute atomic E-state index is 5.87. The fourth-order valence-corrected chi connectivity index (χ4v) is 5.27. The quantitative estimate of drug-likeness (QED) is 0.764. The SMILES string of the molecule is Cc1ccc(COc2ccc(C3(C)SCCS3)cc2)cc1. The highest BCUT2D eigenvalue weighted by Crippen LogP contribution is 2.51. The standard InChI is InChI=1S/C18H20OS2/c1-14-3-5-15(6-4-14)13-19-17-9-7-16(8-10-17)18(2)20-11-12-21-18/h3-10H,11-13H2,1-2H3. The van der Waals surface area contributed by atoms with Crippen molar-refractivity contribution < 1.29 is 4.74 Å². The van der Waals surface area contributed by atoms with Gasteiger partial charge in [-0.15, -0.1) is 23.5 Å². The van der Waals surface area contributed by atoms with Crippen LogP contribution in [0.2, 0.25) is 0 Å². The topological polar surface area (TPSA) is 9.23 Å². The summed E-state index contributed by atoms with van der Waals surface area (Å²) in [5.74, 6) is 3.43. The van der Waals surface area contributed by atoms with E-state index in [1.54, 1.807) is 0 Å². The molecule has 0 amide bonds. The van der Waals surface area contributed by atoms with Crippen LogP contribution in [0.4, 0.5) is 0 Å². The van der Waals surface area contributed by atoms with E-state index in [2.05, 4.69) is 62.4 Å². The van der Waals surface area contributed by atoms with Gasteiger partial charge in [-0.2, -0.15) is 0 Å². The van der Waals surface area contributed by atoms with E-state index in [4.69, 9.17) is 4.74 Å². The Bertz CT molecular complexity index is 584. The molecule has 2 aromatic rings. The summed E-state index contributed by atoms with van der Waals surface area (Å²) in [6.45, 7) is 5.04. The zero-order valence-corrected chi connectivity index (χ0v) is 14.1. The fraction of sp³-hybridized carbons (Fsp3) is 0.333. The van der Waals surface area contributed by atoms with Gasteiger partial charge in [0.05, 0.1) is 4.08 Å². The van der Waals surface area contributed by atoms with E-state index in [9.17, 15) is 0 Å². The molecule has 3 heteroatoms. The average Bonchev–Trinajstić information content (AvgIpc) is 2.95. The molecule has 1 heterocycles. The lowest BCUT2D eigenvalue weighted by atomic mass is 10.1. The Labute approximate surface area is 135 Å². The number of hydrogen-bond donors (Lipinski definition) is 0. The molecule has 1 aliphatic rings. The molecule has 0 radical (unpaired) electrons. The average molecular weight is 316 g/mol. The van der Waals surface area contributed by atoms with Crippen molar-refractivity contribution in [3.05, 3.63) is 65.2 Å². The summed E-state index contributed by atoms with van der Waals surface area (Å²) in [5.41, 5.74) is 3.87. The van der Waals surface area contributed by atoms with Crippen LogP contribution in [-0.4, -0.2) is 11.5 Å². The lowest BCUT2D eigenvalue weighted by Crippen LogP contribution is -2.08. The summed E-state index contributed by atoms with van der Waals surface area (Å²) in [6, 6.07) is 17.1. The molecule has 3 rings (SSSR count). The van der Waals surface area contributed by atoms with Crippen LogP contribution in [0.3, 0.4) is 0 Å². The molecule has 1 saturated heterocycles. The predicted molar refractivity (Wildman–Crippen MR) is 94.2 cm³/mol. The van der Waals surface area contributed by atoms with Crippen LogP contribution in [0.1, 0.15) is 23.6 Å². The molecule has 1 nitrogen and oxygen atoms in total. The van der Waals surface area contributed by atoms with Crippen LogP contribution < -0.4 is 4.74 Å². The minimum Gasteiger partial charge on any atom is -0.489 e. The largest absolute Gasteiger partial charge is 0.489 e. The summed E-state index contributed by atoms with van der Waals surface area (Å²) < 4.78 is 6.09. The first-order chi connectivity index (χ1) is 10.2. The minimum atomic E-state index is 0.218. The third-order valence-corrected chi connectivity index (χ3v) is 7.10. The van der Waals surface area contributed by atoms with Crippen molar-refractivity contribution in [1.29, 1.82) is 0 Å². The highest BCUT2D eigenvalue weighted by atomic mass is 32.2. The van der Waals surface area contributed by atoms with E-state index < -0.39 is 0 Å². The van der Waals surface area contributed by atoms with Crippen molar-refractivity contribution in [3.8, 4) is 5.75 Å². The van der Waals surface area contributed by atoms with Gasteiger partial charge in [-0.25, -0.2) is 0 Å². The van der Waals surface area contributed by atoms with Crippen LogP contribution in [0.5, 0.6) is 5.75 Å². The maximum Gasteiger partial charge on any atom is 0.119 e. The molecule has 2 aromatic carbocycles. The van der Waals surface area contributed by atoms with Gasteiger partial charge in [-0.1, -0.05) is 42.0 Å². The first-order valence-electron chi connectivity index (χ1n) is 7.22. The van der Waals surface area contributed by atoms with Crippen molar-refractivity contribution in [3.63, 3.8) is 0 Å². The Kier molecular flexibility index (Phi) is 4.51.